The van der Waals surface area contributed by atoms with Crippen molar-refractivity contribution in [1.29, 1.82) is 0 Å². The molecule has 2 aromatic rings. The van der Waals surface area contributed by atoms with Gasteiger partial charge in [0, 0.05) is 10.4 Å². The summed E-state index contributed by atoms with van der Waals surface area (Å²) >= 11 is 5.13. The topological polar surface area (TPSA) is 13.1 Å². The summed E-state index contributed by atoms with van der Waals surface area (Å²) in [5.41, 5.74) is 2.20. The largest absolute Gasteiger partial charge is 0.448 e. The van der Waals surface area contributed by atoms with Gasteiger partial charge < -0.3 is 4.42 Å². The van der Waals surface area contributed by atoms with Gasteiger partial charge in [0.2, 0.25) is 0 Å². The fourth-order valence-electron chi connectivity index (χ4n) is 1.09. The molecule has 0 aliphatic rings. The number of fused-ring (bicyclic) bond motifs is 1. The molecular formula is C8H7BrOS. The first-order chi connectivity index (χ1) is 5.18. The van der Waals surface area contributed by atoms with Crippen molar-refractivity contribution >= 4 is 37.5 Å². The third-order valence-corrected chi connectivity index (χ3v) is 3.56. The van der Waals surface area contributed by atoms with E-state index in [0.29, 0.717) is 0 Å². The van der Waals surface area contributed by atoms with Crippen molar-refractivity contribution in [2.24, 2.45) is 0 Å². The van der Waals surface area contributed by atoms with E-state index in [9.17, 15) is 0 Å². The zero-order valence-corrected chi connectivity index (χ0v) is 8.67. The average molecular weight is 231 g/mol. The minimum Gasteiger partial charge on any atom is -0.448 e. The number of rotatable bonds is 0. The number of hydrogen-bond acceptors (Lipinski definition) is 2. The van der Waals surface area contributed by atoms with E-state index in [1.54, 1.807) is 11.3 Å². The van der Waals surface area contributed by atoms with Crippen LogP contribution in [0.15, 0.2) is 15.2 Å². The molecule has 0 N–H and O–H groups in total. The van der Waals surface area contributed by atoms with Gasteiger partial charge in [0.25, 0.3) is 0 Å². The Kier molecular flexibility index (Phi) is 1.58. The average Bonchev–Trinajstić information content (AvgIpc) is 2.37. The minimum atomic E-state index is 0.860. The maximum absolute atomic E-state index is 5.45. The first-order valence-corrected chi connectivity index (χ1v) is 4.94. The van der Waals surface area contributed by atoms with Crippen LogP contribution in [-0.4, -0.2) is 0 Å². The van der Waals surface area contributed by atoms with Crippen LogP contribution in [0.3, 0.4) is 0 Å². The van der Waals surface area contributed by atoms with Crippen LogP contribution in [0, 0.1) is 13.8 Å². The van der Waals surface area contributed by atoms with Gasteiger partial charge in [-0.1, -0.05) is 0 Å². The molecule has 3 heteroatoms. The first kappa shape index (κ1) is 7.37. The van der Waals surface area contributed by atoms with Gasteiger partial charge in [-0.2, -0.15) is 0 Å². The molecule has 58 valence electrons. The Bertz CT molecular complexity index is 399. The molecule has 2 heterocycles. The van der Waals surface area contributed by atoms with Gasteiger partial charge in [0.05, 0.1) is 4.70 Å². The summed E-state index contributed by atoms with van der Waals surface area (Å²) in [6.45, 7) is 4.15. The lowest BCUT2D eigenvalue weighted by Crippen LogP contribution is -1.60. The van der Waals surface area contributed by atoms with Gasteiger partial charge in [-0.05, 0) is 35.8 Å². The molecule has 0 bridgehead atoms. The second-order valence-electron chi connectivity index (χ2n) is 2.55. The van der Waals surface area contributed by atoms with Gasteiger partial charge in [-0.25, -0.2) is 0 Å². The van der Waals surface area contributed by atoms with Crippen LogP contribution in [0.5, 0.6) is 0 Å². The van der Waals surface area contributed by atoms with Crippen LogP contribution >= 0.6 is 27.3 Å². The van der Waals surface area contributed by atoms with E-state index in [0.717, 1.165) is 10.3 Å². The number of hydrogen-bond donors (Lipinski definition) is 0. The number of aryl methyl sites for hydroxylation is 2. The van der Waals surface area contributed by atoms with Crippen molar-refractivity contribution in [2.45, 2.75) is 13.8 Å². The van der Waals surface area contributed by atoms with Crippen LogP contribution in [0.4, 0.5) is 0 Å². The van der Waals surface area contributed by atoms with E-state index < -0.39 is 0 Å². The molecule has 0 saturated heterocycles. The molecule has 11 heavy (non-hydrogen) atoms. The molecule has 0 unspecified atom stereocenters. The molecule has 2 rings (SSSR count). The van der Waals surface area contributed by atoms with Crippen LogP contribution in [0.2, 0.25) is 0 Å². The summed E-state index contributed by atoms with van der Waals surface area (Å²) in [6.07, 6.45) is 0. The lowest BCUT2D eigenvalue weighted by atomic mass is 10.3. The summed E-state index contributed by atoms with van der Waals surface area (Å²) in [7, 11) is 0. The molecule has 0 aromatic carbocycles. The highest BCUT2D eigenvalue weighted by atomic mass is 79.9. The second kappa shape index (κ2) is 2.35. The van der Waals surface area contributed by atoms with E-state index in [2.05, 4.69) is 35.8 Å². The van der Waals surface area contributed by atoms with E-state index >= 15 is 0 Å². The van der Waals surface area contributed by atoms with Crippen molar-refractivity contribution in [3.63, 3.8) is 0 Å². The standard InChI is InChI=1S/C8H7BrOS/c1-4-3-6-7(11-4)5(2)8(9)10-6/h3H,1-2H3. The molecular weight excluding hydrogens is 224 g/mol. The van der Waals surface area contributed by atoms with Crippen LogP contribution < -0.4 is 0 Å². The van der Waals surface area contributed by atoms with Crippen molar-refractivity contribution in [1.82, 2.24) is 0 Å². The molecule has 0 fully saturated rings. The second-order valence-corrected chi connectivity index (χ2v) is 4.53. The van der Waals surface area contributed by atoms with Crippen molar-refractivity contribution in [2.75, 3.05) is 0 Å². The maximum Gasteiger partial charge on any atom is 0.174 e. The van der Waals surface area contributed by atoms with Gasteiger partial charge >= 0.3 is 0 Å². The number of halogens is 1. The summed E-state index contributed by atoms with van der Waals surface area (Å²) in [5.74, 6) is 0. The zero-order valence-electron chi connectivity index (χ0n) is 6.27. The Hall–Kier alpha value is -0.280. The van der Waals surface area contributed by atoms with E-state index in [1.807, 2.05) is 0 Å². The molecule has 0 radical (unpaired) electrons. The lowest BCUT2D eigenvalue weighted by molar-refractivity contribution is 0.584. The quantitative estimate of drug-likeness (QED) is 0.670. The normalized spacial score (nSPS) is 11.2. The van der Waals surface area contributed by atoms with Gasteiger partial charge in [0.15, 0.2) is 4.67 Å². The van der Waals surface area contributed by atoms with E-state index in [-0.39, 0.29) is 0 Å². The number of furan rings is 1. The number of thiophene rings is 1. The predicted octanol–water partition coefficient (Wildman–Crippen LogP) is 3.87. The van der Waals surface area contributed by atoms with Gasteiger partial charge in [0.1, 0.15) is 5.58 Å². The van der Waals surface area contributed by atoms with Crippen molar-refractivity contribution in [3.05, 3.63) is 21.2 Å². The highest BCUT2D eigenvalue weighted by Gasteiger charge is 2.09. The molecule has 0 amide bonds. The van der Waals surface area contributed by atoms with Crippen LogP contribution in [-0.2, 0) is 0 Å². The van der Waals surface area contributed by atoms with Crippen LogP contribution in [0.1, 0.15) is 10.4 Å². The van der Waals surface area contributed by atoms with Crippen molar-refractivity contribution < 1.29 is 4.42 Å². The first-order valence-electron chi connectivity index (χ1n) is 3.33. The molecule has 0 atom stereocenters. The monoisotopic (exact) mass is 230 g/mol. The fraction of sp³-hybridized carbons (Fsp3) is 0.250. The maximum atomic E-state index is 5.45. The Morgan fingerprint density at radius 3 is 2.82 bits per heavy atom. The summed E-state index contributed by atoms with van der Waals surface area (Å²) in [6, 6.07) is 2.07. The van der Waals surface area contributed by atoms with E-state index in [4.69, 9.17) is 4.42 Å². The minimum absolute atomic E-state index is 0.860. The predicted molar refractivity (Wildman–Crippen MR) is 51.3 cm³/mol. The molecule has 0 saturated carbocycles. The third-order valence-electron chi connectivity index (χ3n) is 1.66. The molecule has 0 aliphatic heterocycles. The van der Waals surface area contributed by atoms with Crippen LogP contribution in [0.25, 0.3) is 10.3 Å². The Morgan fingerprint density at radius 1 is 1.45 bits per heavy atom. The summed E-state index contributed by atoms with van der Waals surface area (Å²) < 4.78 is 7.57. The molecule has 0 aliphatic carbocycles. The third kappa shape index (κ3) is 1.03. The Morgan fingerprint density at radius 2 is 2.18 bits per heavy atom. The van der Waals surface area contributed by atoms with Crippen molar-refractivity contribution in [3.8, 4) is 0 Å². The summed E-state index contributed by atoms with van der Waals surface area (Å²) in [4.78, 5) is 1.30. The molecule has 2 aromatic heterocycles. The lowest BCUT2D eigenvalue weighted by Gasteiger charge is -1.82. The highest BCUT2D eigenvalue weighted by Crippen LogP contribution is 2.34. The molecule has 1 nitrogen and oxygen atoms in total. The van der Waals surface area contributed by atoms with Gasteiger partial charge in [-0.15, -0.1) is 11.3 Å². The smallest absolute Gasteiger partial charge is 0.174 e. The Balaban J connectivity index is 2.88. The SMILES string of the molecule is Cc1cc2oc(Br)c(C)c2s1. The fourth-order valence-corrected chi connectivity index (χ4v) is 2.53. The summed E-state index contributed by atoms with van der Waals surface area (Å²) in [5, 5.41) is 0. The zero-order chi connectivity index (χ0) is 8.01. The van der Waals surface area contributed by atoms with E-state index in [1.165, 1.54) is 15.1 Å². The van der Waals surface area contributed by atoms with Gasteiger partial charge in [-0.3, -0.25) is 0 Å². The highest BCUT2D eigenvalue weighted by molar-refractivity contribution is 9.10. The molecule has 0 spiro atoms. The Labute approximate surface area is 77.1 Å².